The Morgan fingerprint density at radius 2 is 1.95 bits per heavy atom. The molecular weight excluding hydrogens is 256 g/mol. The summed E-state index contributed by atoms with van der Waals surface area (Å²) in [7, 11) is 0. The maximum Gasteiger partial charge on any atom is 0.322 e. The standard InChI is InChI=1S/C15H22N2OS/c1-11-4-5-12(2)17(10-11)15(18)16-13-6-8-14(19-3)9-7-13/h6-9,11-12H,4-5,10H2,1-3H3,(H,16,18)/t11-,12+/m1/s1. The molecule has 4 heteroatoms. The van der Waals surface area contributed by atoms with Crippen LogP contribution >= 0.6 is 11.8 Å². The van der Waals surface area contributed by atoms with Crippen molar-refractivity contribution in [3.05, 3.63) is 24.3 Å². The van der Waals surface area contributed by atoms with Crippen molar-refractivity contribution in [2.75, 3.05) is 18.1 Å². The number of hydrogen-bond donors (Lipinski definition) is 1. The molecule has 0 spiro atoms. The maximum absolute atomic E-state index is 12.3. The van der Waals surface area contributed by atoms with E-state index in [2.05, 4.69) is 19.2 Å². The number of benzene rings is 1. The number of likely N-dealkylation sites (tertiary alicyclic amines) is 1. The van der Waals surface area contributed by atoms with E-state index in [4.69, 9.17) is 0 Å². The summed E-state index contributed by atoms with van der Waals surface area (Å²) >= 11 is 1.70. The van der Waals surface area contributed by atoms with Crippen molar-refractivity contribution in [3.8, 4) is 0 Å². The van der Waals surface area contributed by atoms with Gasteiger partial charge in [0.1, 0.15) is 0 Å². The van der Waals surface area contributed by atoms with Crippen LogP contribution in [-0.4, -0.2) is 29.8 Å². The third-order valence-corrected chi connectivity index (χ3v) is 4.46. The number of piperidine rings is 1. The number of amides is 2. The normalized spacial score (nSPS) is 23.2. The molecule has 1 aromatic carbocycles. The molecule has 1 aliphatic rings. The average molecular weight is 278 g/mol. The zero-order valence-electron chi connectivity index (χ0n) is 11.8. The second kappa shape index (κ2) is 6.33. The number of hydrogen-bond acceptors (Lipinski definition) is 2. The third-order valence-electron chi connectivity index (χ3n) is 3.72. The molecule has 0 bridgehead atoms. The molecule has 2 amide bonds. The zero-order valence-corrected chi connectivity index (χ0v) is 12.7. The van der Waals surface area contributed by atoms with Gasteiger partial charge in [0.2, 0.25) is 0 Å². The van der Waals surface area contributed by atoms with Crippen LogP contribution in [0.3, 0.4) is 0 Å². The largest absolute Gasteiger partial charge is 0.322 e. The van der Waals surface area contributed by atoms with Crippen LogP contribution in [-0.2, 0) is 0 Å². The average Bonchev–Trinajstić information content (AvgIpc) is 2.42. The lowest BCUT2D eigenvalue weighted by molar-refractivity contribution is 0.147. The number of urea groups is 1. The summed E-state index contributed by atoms with van der Waals surface area (Å²) in [6.07, 6.45) is 4.36. The van der Waals surface area contributed by atoms with Gasteiger partial charge < -0.3 is 10.2 Å². The number of nitrogens with zero attached hydrogens (tertiary/aromatic N) is 1. The summed E-state index contributed by atoms with van der Waals surface area (Å²) in [4.78, 5) is 15.4. The van der Waals surface area contributed by atoms with Crippen molar-refractivity contribution in [1.29, 1.82) is 0 Å². The Hall–Kier alpha value is -1.16. The van der Waals surface area contributed by atoms with E-state index < -0.39 is 0 Å². The molecule has 1 aliphatic heterocycles. The first kappa shape index (κ1) is 14.3. The van der Waals surface area contributed by atoms with Gasteiger partial charge in [0.15, 0.2) is 0 Å². The Balaban J connectivity index is 1.99. The fraction of sp³-hybridized carbons (Fsp3) is 0.533. The Kier molecular flexibility index (Phi) is 4.75. The first-order valence-corrected chi connectivity index (χ1v) is 8.04. The molecule has 19 heavy (non-hydrogen) atoms. The quantitative estimate of drug-likeness (QED) is 0.827. The first-order chi connectivity index (χ1) is 9.10. The molecule has 0 unspecified atom stereocenters. The Morgan fingerprint density at radius 1 is 1.26 bits per heavy atom. The van der Waals surface area contributed by atoms with Gasteiger partial charge in [-0.1, -0.05) is 6.92 Å². The SMILES string of the molecule is CSc1ccc(NC(=O)N2C[C@H](C)CC[C@@H]2C)cc1. The van der Waals surface area contributed by atoms with Gasteiger partial charge in [0.25, 0.3) is 0 Å². The molecular formula is C15H22N2OS. The monoisotopic (exact) mass is 278 g/mol. The minimum Gasteiger partial charge on any atom is -0.322 e. The Morgan fingerprint density at radius 3 is 2.58 bits per heavy atom. The van der Waals surface area contributed by atoms with Crippen LogP contribution in [0.4, 0.5) is 10.5 Å². The summed E-state index contributed by atoms with van der Waals surface area (Å²) in [6.45, 7) is 5.19. The van der Waals surface area contributed by atoms with Crippen LogP contribution in [0, 0.1) is 5.92 Å². The molecule has 3 nitrogen and oxygen atoms in total. The van der Waals surface area contributed by atoms with Gasteiger partial charge in [-0.2, -0.15) is 0 Å². The van der Waals surface area contributed by atoms with Crippen molar-refractivity contribution < 1.29 is 4.79 Å². The Bertz CT molecular complexity index is 432. The van der Waals surface area contributed by atoms with E-state index in [0.717, 1.165) is 18.7 Å². The molecule has 0 saturated carbocycles. The van der Waals surface area contributed by atoms with Crippen molar-refractivity contribution in [2.24, 2.45) is 5.92 Å². The summed E-state index contributed by atoms with van der Waals surface area (Å²) in [5.41, 5.74) is 0.869. The predicted octanol–water partition coefficient (Wildman–Crippen LogP) is 4.06. The van der Waals surface area contributed by atoms with Gasteiger partial charge in [-0.25, -0.2) is 4.79 Å². The Labute approximate surface area is 119 Å². The van der Waals surface area contributed by atoms with Crippen molar-refractivity contribution in [3.63, 3.8) is 0 Å². The fourth-order valence-electron chi connectivity index (χ4n) is 2.44. The highest BCUT2D eigenvalue weighted by atomic mass is 32.2. The van der Waals surface area contributed by atoms with Gasteiger partial charge in [-0.15, -0.1) is 11.8 Å². The number of carbonyl (C=O) groups is 1. The molecule has 1 saturated heterocycles. The van der Waals surface area contributed by atoms with Crippen molar-refractivity contribution >= 4 is 23.5 Å². The predicted molar refractivity (Wildman–Crippen MR) is 81.8 cm³/mol. The highest BCUT2D eigenvalue weighted by molar-refractivity contribution is 7.98. The van der Waals surface area contributed by atoms with E-state index >= 15 is 0 Å². The van der Waals surface area contributed by atoms with Crippen LogP contribution in [0.2, 0.25) is 0 Å². The molecule has 1 aromatic rings. The minimum atomic E-state index is 0.0240. The minimum absolute atomic E-state index is 0.0240. The van der Waals surface area contributed by atoms with Crippen molar-refractivity contribution in [2.45, 2.75) is 37.6 Å². The second-order valence-corrected chi connectivity index (χ2v) is 6.22. The smallest absolute Gasteiger partial charge is 0.322 e. The molecule has 2 atom stereocenters. The zero-order chi connectivity index (χ0) is 13.8. The lowest BCUT2D eigenvalue weighted by atomic mass is 9.95. The molecule has 104 valence electrons. The van der Waals surface area contributed by atoms with E-state index in [0.29, 0.717) is 12.0 Å². The fourth-order valence-corrected chi connectivity index (χ4v) is 2.85. The molecule has 0 aromatic heterocycles. The van der Waals surface area contributed by atoms with E-state index in [1.54, 1.807) is 11.8 Å². The summed E-state index contributed by atoms with van der Waals surface area (Å²) < 4.78 is 0. The number of rotatable bonds is 2. The lowest BCUT2D eigenvalue weighted by Crippen LogP contribution is -2.46. The molecule has 0 aliphatic carbocycles. The highest BCUT2D eigenvalue weighted by Crippen LogP contribution is 2.23. The molecule has 0 radical (unpaired) electrons. The van der Waals surface area contributed by atoms with Gasteiger partial charge in [-0.3, -0.25) is 0 Å². The van der Waals surface area contributed by atoms with Crippen LogP contribution in [0.1, 0.15) is 26.7 Å². The molecule has 2 rings (SSSR count). The van der Waals surface area contributed by atoms with E-state index in [9.17, 15) is 4.79 Å². The van der Waals surface area contributed by atoms with Crippen molar-refractivity contribution in [1.82, 2.24) is 4.90 Å². The van der Waals surface area contributed by atoms with E-state index in [-0.39, 0.29) is 6.03 Å². The van der Waals surface area contributed by atoms with Gasteiger partial charge in [-0.05, 0) is 56.2 Å². The van der Waals surface area contributed by atoms with E-state index in [1.165, 1.54) is 11.3 Å². The topological polar surface area (TPSA) is 32.3 Å². The molecule has 1 heterocycles. The maximum atomic E-state index is 12.3. The lowest BCUT2D eigenvalue weighted by Gasteiger charge is -2.36. The molecule has 1 fully saturated rings. The summed E-state index contributed by atoms with van der Waals surface area (Å²) in [5, 5.41) is 2.99. The highest BCUT2D eigenvalue weighted by Gasteiger charge is 2.26. The third kappa shape index (κ3) is 3.66. The van der Waals surface area contributed by atoms with Crippen LogP contribution < -0.4 is 5.32 Å². The number of nitrogens with one attached hydrogen (secondary N) is 1. The van der Waals surface area contributed by atoms with E-state index in [1.807, 2.05) is 35.4 Å². The van der Waals surface area contributed by atoms with Crippen LogP contribution in [0.15, 0.2) is 29.2 Å². The van der Waals surface area contributed by atoms with Gasteiger partial charge in [0.05, 0.1) is 0 Å². The second-order valence-electron chi connectivity index (χ2n) is 5.34. The summed E-state index contributed by atoms with van der Waals surface area (Å²) in [5.74, 6) is 0.598. The number of carbonyl (C=O) groups excluding carboxylic acids is 1. The first-order valence-electron chi connectivity index (χ1n) is 6.82. The number of anilines is 1. The molecule has 1 N–H and O–H groups in total. The summed E-state index contributed by atoms with van der Waals surface area (Å²) in [6, 6.07) is 8.34. The van der Waals surface area contributed by atoms with Crippen LogP contribution in [0.5, 0.6) is 0 Å². The number of thioether (sulfide) groups is 1. The van der Waals surface area contributed by atoms with Gasteiger partial charge in [0, 0.05) is 23.2 Å². The van der Waals surface area contributed by atoms with Gasteiger partial charge >= 0.3 is 6.03 Å². The van der Waals surface area contributed by atoms with Crippen LogP contribution in [0.25, 0.3) is 0 Å².